The van der Waals surface area contributed by atoms with Crippen LogP contribution in [0.4, 0.5) is 61.7 Å². The fourth-order valence-corrected chi connectivity index (χ4v) is 11.0. The molecule has 0 bridgehead atoms. The van der Waals surface area contributed by atoms with Gasteiger partial charge in [0.2, 0.25) is 0 Å². The molecule has 0 saturated heterocycles. The number of nitrogens with zero attached hydrogens (tertiary/aromatic N) is 8. The van der Waals surface area contributed by atoms with E-state index in [1.807, 2.05) is 0 Å². The number of hydrogen-bond acceptors (Lipinski definition) is 23. The van der Waals surface area contributed by atoms with Gasteiger partial charge in [-0.1, -0.05) is 0 Å². The van der Waals surface area contributed by atoms with Crippen molar-refractivity contribution in [1.82, 2.24) is 0 Å². The largest absolute Gasteiger partial charge is 0.491 e. The molecule has 0 aliphatic carbocycles. The molecule has 0 heterocycles. The van der Waals surface area contributed by atoms with Gasteiger partial charge in [-0.15, -0.1) is 20.5 Å². The van der Waals surface area contributed by atoms with Crippen LogP contribution in [-0.4, -0.2) is 109 Å². The van der Waals surface area contributed by atoms with Crippen molar-refractivity contribution in [3.05, 3.63) is 119 Å². The number of benzene rings is 6. The molecular weight excluding hydrogens is 1260 g/mol. The fourth-order valence-electron chi connectivity index (χ4n) is 7.37. The number of amides is 2. The highest BCUT2D eigenvalue weighted by Gasteiger charge is 2.23. The summed E-state index contributed by atoms with van der Waals surface area (Å²) in [5, 5.41) is 38.6. The number of carbonyl (C=O) groups excluding carboxylic acids is 1. The average Bonchev–Trinajstić information content (AvgIpc) is 1.44. The van der Waals surface area contributed by atoms with Crippen molar-refractivity contribution in [2.45, 2.75) is 73.0 Å². The van der Waals surface area contributed by atoms with Crippen LogP contribution in [0.15, 0.2) is 158 Å². The van der Waals surface area contributed by atoms with Crippen LogP contribution in [0.25, 0.3) is 0 Å². The van der Waals surface area contributed by atoms with Gasteiger partial charge in [0.1, 0.15) is 44.0 Å². The lowest BCUT2D eigenvalue weighted by Crippen LogP contribution is -2.20. The van der Waals surface area contributed by atoms with Crippen LogP contribution < -0.4 is 20.1 Å². The quantitative estimate of drug-likeness (QED) is 0.0142. The SMILES string of the molecule is Cc1cc(N=Nc2ccc(S(=O)(=O)O)cc2S(=O)(=O)O)c(OCCCCS(=O)(=O)O)cc1N=Nc1ccc(NC(=O)Nc2ccc(N=Nc3cc(OCCCCS(=O)(=O)O)c(N=Nc4ccc(S(=O)(=O)O)cc4S(=O)(=O)O)cc3C)cc2C)c(C)c1. The van der Waals surface area contributed by atoms with Crippen LogP contribution >= 0.6 is 0 Å². The molecule has 8 N–H and O–H groups in total. The van der Waals surface area contributed by atoms with Crippen LogP contribution in [0.2, 0.25) is 0 Å². The smallest absolute Gasteiger partial charge is 0.323 e. The maximum atomic E-state index is 13.3. The summed E-state index contributed by atoms with van der Waals surface area (Å²) in [6.07, 6.45) is 0.301. The third kappa shape index (κ3) is 20.1. The molecule has 0 fully saturated rings. The molecular formula is C49H52N10O21S6. The molecule has 0 aromatic heterocycles. The van der Waals surface area contributed by atoms with Crippen molar-refractivity contribution in [3.8, 4) is 11.5 Å². The molecule has 6 rings (SSSR count). The van der Waals surface area contributed by atoms with Gasteiger partial charge in [-0.3, -0.25) is 27.3 Å². The summed E-state index contributed by atoms with van der Waals surface area (Å²) in [5.41, 5.74) is 2.87. The van der Waals surface area contributed by atoms with Gasteiger partial charge in [-0.25, -0.2) is 4.79 Å². The molecule has 0 radical (unpaired) electrons. The summed E-state index contributed by atoms with van der Waals surface area (Å²) in [5.74, 6) is -1.10. The summed E-state index contributed by atoms with van der Waals surface area (Å²) in [7, 11) is -28.5. The topological polar surface area (TPSA) is 485 Å². The van der Waals surface area contributed by atoms with Crippen LogP contribution in [0.1, 0.15) is 47.9 Å². The lowest BCUT2D eigenvalue weighted by atomic mass is 10.1. The lowest BCUT2D eigenvalue weighted by Gasteiger charge is -2.12. The second-order valence-corrected chi connectivity index (χ2v) is 27.2. The number of aryl methyl sites for hydroxylation is 4. The number of azo groups is 4. The van der Waals surface area contributed by atoms with Crippen molar-refractivity contribution in [3.63, 3.8) is 0 Å². The average molecular weight is 1310 g/mol. The van der Waals surface area contributed by atoms with E-state index in [0.29, 0.717) is 57.1 Å². The van der Waals surface area contributed by atoms with Crippen LogP contribution in [0.5, 0.6) is 11.5 Å². The summed E-state index contributed by atoms with van der Waals surface area (Å²) in [6, 6.07) is 19.0. The minimum absolute atomic E-state index is 0.00723. The second-order valence-electron chi connectivity index (χ2n) is 18.4. The molecule has 0 unspecified atom stereocenters. The number of carbonyl (C=O) groups is 1. The third-order valence-corrected chi connectivity index (χ3v) is 16.7. The van der Waals surface area contributed by atoms with Gasteiger partial charge in [-0.2, -0.15) is 71.0 Å². The maximum Gasteiger partial charge on any atom is 0.323 e. The Morgan fingerprint density at radius 3 is 1.06 bits per heavy atom. The van der Waals surface area contributed by atoms with Gasteiger partial charge in [0.15, 0.2) is 0 Å². The zero-order valence-electron chi connectivity index (χ0n) is 45.2. The number of nitrogens with one attached hydrogen (secondary N) is 2. The van der Waals surface area contributed by atoms with Crippen LogP contribution in [0, 0.1) is 27.7 Å². The lowest BCUT2D eigenvalue weighted by molar-refractivity contribution is 0.262. The molecule has 0 aliphatic rings. The molecule has 6 aromatic rings. The van der Waals surface area contributed by atoms with Crippen molar-refractivity contribution in [1.29, 1.82) is 0 Å². The first kappa shape index (κ1) is 67.2. The Bertz CT molecular complexity index is 4170. The van der Waals surface area contributed by atoms with E-state index in [0.717, 1.165) is 24.3 Å². The maximum absolute atomic E-state index is 13.3. The van der Waals surface area contributed by atoms with Crippen molar-refractivity contribution >= 4 is 124 Å². The highest BCUT2D eigenvalue weighted by atomic mass is 32.2. The van der Waals surface area contributed by atoms with E-state index >= 15 is 0 Å². The molecule has 0 saturated carbocycles. The number of rotatable bonds is 26. The Kier molecular flexibility index (Phi) is 21.6. The monoisotopic (exact) mass is 1310 g/mol. The third-order valence-electron chi connectivity index (χ3n) is 11.7. The van der Waals surface area contributed by atoms with Gasteiger partial charge < -0.3 is 20.1 Å². The highest BCUT2D eigenvalue weighted by Crippen LogP contribution is 2.40. The Labute approximate surface area is 493 Å². The number of urea groups is 1. The fraction of sp³-hybridized carbons (Fsp3) is 0.245. The standard InChI is InChI=1S/C49H52N10O21S6/c1-29-21-33(52-56-41-27-45(79-17-5-7-19-81(61,62)63)43(23-31(41)3)58-54-39-15-11-35(83(67,68)69)25-47(39)85(73,74)75)9-13-37(29)50-49(60)51-38-14-10-34(22-30(38)2)53-57-42-28-46(80-18-6-8-20-82(64,65)66)44(24-32(42)4)59-55-40-16-12-36(84(70,71)72)26-48(40)86(76,77)78/h9-16,21-28H,5-8,17-20H2,1-4H3,(H2,50,51,60)(H,61,62,63)(H,64,65,66)(H,67,68,69)(H,70,71,72)(H,73,74,75)(H,76,77,78). The molecule has 37 heteroatoms. The Hall–Kier alpha value is -7.95. The van der Waals surface area contributed by atoms with Crippen LogP contribution in [-0.2, 0) is 60.7 Å². The van der Waals surface area contributed by atoms with Gasteiger partial charge in [0.05, 0.1) is 57.3 Å². The summed E-state index contributed by atoms with van der Waals surface area (Å²) >= 11 is 0. The number of hydrogen-bond donors (Lipinski definition) is 8. The summed E-state index contributed by atoms with van der Waals surface area (Å²) in [4.78, 5) is 9.61. The number of unbranched alkanes of at least 4 members (excludes halogenated alkanes) is 2. The Morgan fingerprint density at radius 2 is 0.733 bits per heavy atom. The van der Waals surface area contributed by atoms with Crippen molar-refractivity contribution in [2.24, 2.45) is 40.9 Å². The molecule has 31 nitrogen and oxygen atoms in total. The zero-order valence-corrected chi connectivity index (χ0v) is 50.1. The van der Waals surface area contributed by atoms with Gasteiger partial charge >= 0.3 is 6.03 Å². The van der Waals surface area contributed by atoms with E-state index < -0.39 is 109 Å². The Morgan fingerprint density at radius 1 is 0.384 bits per heavy atom. The molecule has 86 heavy (non-hydrogen) atoms. The Balaban J connectivity index is 1.16. The van der Waals surface area contributed by atoms with E-state index in [1.165, 1.54) is 24.3 Å². The first-order valence-electron chi connectivity index (χ1n) is 24.5. The number of ether oxygens (including phenoxy) is 2. The molecule has 6 aromatic carbocycles. The number of anilines is 2. The highest BCUT2D eigenvalue weighted by molar-refractivity contribution is 7.87. The minimum atomic E-state index is -5.09. The normalized spacial score (nSPS) is 12.9. The zero-order chi connectivity index (χ0) is 63.6. The second kappa shape index (κ2) is 27.6. The van der Waals surface area contributed by atoms with E-state index in [2.05, 4.69) is 51.5 Å². The predicted octanol–water partition coefficient (Wildman–Crippen LogP) is 11.3. The molecule has 0 atom stereocenters. The van der Waals surface area contributed by atoms with E-state index in [9.17, 15) is 73.5 Å². The first-order chi connectivity index (χ1) is 39.9. The molecule has 2 amide bonds. The summed E-state index contributed by atoms with van der Waals surface area (Å²) < 4.78 is 208. The predicted molar refractivity (Wildman–Crippen MR) is 308 cm³/mol. The first-order valence-corrected chi connectivity index (χ1v) is 33.5. The van der Waals surface area contributed by atoms with E-state index in [1.54, 1.807) is 64.1 Å². The molecule has 460 valence electrons. The van der Waals surface area contributed by atoms with Gasteiger partial charge in [0, 0.05) is 23.5 Å². The van der Waals surface area contributed by atoms with Crippen LogP contribution in [0.3, 0.4) is 0 Å². The summed E-state index contributed by atoms with van der Waals surface area (Å²) in [6.45, 7) is 6.41. The van der Waals surface area contributed by atoms with Crippen molar-refractivity contribution in [2.75, 3.05) is 35.4 Å². The molecule has 0 spiro atoms. The van der Waals surface area contributed by atoms with E-state index in [-0.39, 0.29) is 73.1 Å². The van der Waals surface area contributed by atoms with Gasteiger partial charge in [-0.05, 0) is 161 Å². The van der Waals surface area contributed by atoms with E-state index in [4.69, 9.17) is 18.6 Å². The van der Waals surface area contributed by atoms with Crippen molar-refractivity contribution < 1.29 is 92.1 Å². The minimum Gasteiger partial charge on any atom is -0.491 e. The van der Waals surface area contributed by atoms with Gasteiger partial charge in [0.25, 0.3) is 60.7 Å². The molecule has 0 aliphatic heterocycles.